The van der Waals surface area contributed by atoms with Crippen LogP contribution in [0.5, 0.6) is 0 Å². The van der Waals surface area contributed by atoms with E-state index in [4.69, 9.17) is 0 Å². The van der Waals surface area contributed by atoms with Crippen LogP contribution in [0.4, 0.5) is 14.1 Å². The van der Waals surface area contributed by atoms with E-state index < -0.39 is 0 Å². The average molecular weight is 132 g/mol. The van der Waals surface area contributed by atoms with Gasteiger partial charge >= 0.3 is 0 Å². The summed E-state index contributed by atoms with van der Waals surface area (Å²) in [6.45, 7) is 0. The molecule has 0 bridgehead atoms. The second-order valence-electron chi connectivity index (χ2n) is 0. The summed E-state index contributed by atoms with van der Waals surface area (Å²) in [6.07, 6.45) is 0. The summed E-state index contributed by atoms with van der Waals surface area (Å²) in [6, 6.07) is 0. The minimum Gasteiger partial charge on any atom is -0.269 e. The molecule has 0 amide bonds. The number of hydrogen-bond acceptors (Lipinski definition) is 0. The molecule has 0 heterocycles. The van der Waals surface area contributed by atoms with Crippen LogP contribution in [0.25, 0.3) is 0 Å². The molecule has 0 aliphatic heterocycles. The van der Waals surface area contributed by atoms with Crippen molar-refractivity contribution in [2.24, 2.45) is 0 Å². The Bertz CT molecular complexity index is 6.85. The molecule has 0 atom stereocenters. The van der Waals surface area contributed by atoms with E-state index in [0.29, 0.717) is 0 Å². The van der Waals surface area contributed by atoms with E-state index in [-0.39, 0.29) is 38.6 Å². The summed E-state index contributed by atoms with van der Waals surface area (Å²) in [4.78, 5) is 0. The zero-order valence-corrected chi connectivity index (χ0v) is 2.68. The summed E-state index contributed by atoms with van der Waals surface area (Å²) >= 11 is 0. The zero-order valence-electron chi connectivity index (χ0n) is 1.58. The second-order valence-corrected chi connectivity index (χ2v) is 0. The molecule has 0 spiro atoms. The number of hydrogen-bond donors (Lipinski definition) is 0. The van der Waals surface area contributed by atoms with Crippen LogP contribution in [0.3, 0.4) is 0 Å². The zero-order chi connectivity index (χ0) is 0. The van der Waals surface area contributed by atoms with Gasteiger partial charge in [-0.1, -0.05) is 7.43 Å². The smallest absolute Gasteiger partial charge is 0 e. The Morgan fingerprint density at radius 2 is 0.600 bits per heavy atom. The van der Waals surface area contributed by atoms with Gasteiger partial charge < -0.3 is 0 Å². The van der Waals surface area contributed by atoms with E-state index in [2.05, 4.69) is 0 Å². The fraction of sp³-hybridized carbons (Fsp3) is 1.00. The Balaban J connectivity index is 0. The molecule has 40 valence electrons. The quantitative estimate of drug-likeness (QED) is 0.432. The fourth-order valence-corrected chi connectivity index (χ4v) is 0. The Morgan fingerprint density at radius 1 is 0.600 bits per heavy atom. The van der Waals surface area contributed by atoms with Crippen molar-refractivity contribution in [1.29, 1.82) is 0 Å². The SMILES string of the molecule is C.F.F.F.[Fe]. The molecule has 0 nitrogen and oxygen atoms in total. The maximum atomic E-state index is 0. The van der Waals surface area contributed by atoms with Crippen LogP contribution < -0.4 is 0 Å². The van der Waals surface area contributed by atoms with E-state index in [1.807, 2.05) is 0 Å². The Morgan fingerprint density at radius 3 is 0.600 bits per heavy atom. The van der Waals surface area contributed by atoms with Gasteiger partial charge in [0.15, 0.2) is 0 Å². The largest absolute Gasteiger partial charge is 0.269 e. The van der Waals surface area contributed by atoms with Crippen LogP contribution in [-0.2, 0) is 17.1 Å². The molecule has 0 rings (SSSR count). The predicted octanol–water partition coefficient (Wildman–Crippen LogP) is 1.09. The molecule has 0 saturated heterocycles. The third-order valence-electron chi connectivity index (χ3n) is 0. The molecule has 0 aromatic rings. The third-order valence-corrected chi connectivity index (χ3v) is 0. The first-order valence-electron chi connectivity index (χ1n) is 0. The maximum Gasteiger partial charge on any atom is 0 e. The van der Waals surface area contributed by atoms with Gasteiger partial charge in [-0.05, 0) is 0 Å². The molecular weight excluding hydrogens is 125 g/mol. The first-order chi connectivity index (χ1) is 0. The second kappa shape index (κ2) is 493. The van der Waals surface area contributed by atoms with Crippen LogP contribution in [0.1, 0.15) is 7.43 Å². The summed E-state index contributed by atoms with van der Waals surface area (Å²) < 4.78 is 0. The van der Waals surface area contributed by atoms with Crippen LogP contribution in [0.2, 0.25) is 0 Å². The summed E-state index contributed by atoms with van der Waals surface area (Å²) in [7, 11) is 0. The predicted molar refractivity (Wildman–Crippen MR) is 14.2 cm³/mol. The summed E-state index contributed by atoms with van der Waals surface area (Å²) in [5.41, 5.74) is 0. The van der Waals surface area contributed by atoms with Crippen LogP contribution >= 0.6 is 0 Å². The molecule has 4 heteroatoms. The van der Waals surface area contributed by atoms with Crippen molar-refractivity contribution >= 4 is 0 Å². The molecule has 0 radical (unpaired) electrons. The van der Waals surface area contributed by atoms with Crippen molar-refractivity contribution in [1.82, 2.24) is 0 Å². The van der Waals surface area contributed by atoms with Gasteiger partial charge in [0.1, 0.15) is 0 Å². The molecule has 0 N–H and O–H groups in total. The van der Waals surface area contributed by atoms with Gasteiger partial charge in [0.2, 0.25) is 0 Å². The summed E-state index contributed by atoms with van der Waals surface area (Å²) in [5.74, 6) is 0. The standard InChI is InChI=1S/CH4.3FH.Fe/h1H4;3*1H;. The van der Waals surface area contributed by atoms with Gasteiger partial charge in [0.05, 0.1) is 0 Å². The van der Waals surface area contributed by atoms with Crippen molar-refractivity contribution < 1.29 is 31.2 Å². The molecule has 0 aliphatic rings. The monoisotopic (exact) mass is 132 g/mol. The first kappa shape index (κ1) is 1030. The van der Waals surface area contributed by atoms with Crippen LogP contribution in [-0.4, -0.2) is 0 Å². The molecular formula is CH7F3Fe. The van der Waals surface area contributed by atoms with Crippen molar-refractivity contribution in [2.45, 2.75) is 7.43 Å². The van der Waals surface area contributed by atoms with Crippen molar-refractivity contribution in [2.75, 3.05) is 0 Å². The van der Waals surface area contributed by atoms with Crippen molar-refractivity contribution in [3.8, 4) is 0 Å². The van der Waals surface area contributed by atoms with Gasteiger partial charge in [0.25, 0.3) is 0 Å². The van der Waals surface area contributed by atoms with E-state index in [9.17, 15) is 0 Å². The number of halogens is 3. The molecule has 5 heavy (non-hydrogen) atoms. The van der Waals surface area contributed by atoms with Gasteiger partial charge in [-0.3, -0.25) is 14.1 Å². The van der Waals surface area contributed by atoms with Gasteiger partial charge in [0, 0.05) is 17.1 Å². The Kier molecular flexibility index (Phi) is 101000. The Hall–Kier alpha value is 0.309. The van der Waals surface area contributed by atoms with Crippen LogP contribution in [0, 0.1) is 0 Å². The molecule has 0 aromatic carbocycles. The van der Waals surface area contributed by atoms with E-state index >= 15 is 0 Å². The minimum absolute atomic E-state index is 0. The fourth-order valence-electron chi connectivity index (χ4n) is 0. The van der Waals surface area contributed by atoms with Gasteiger partial charge in [-0.2, -0.15) is 0 Å². The molecule has 0 saturated carbocycles. The van der Waals surface area contributed by atoms with E-state index in [1.165, 1.54) is 0 Å². The number of rotatable bonds is 0. The molecule has 0 fully saturated rings. The molecule has 0 aliphatic carbocycles. The first-order valence-corrected chi connectivity index (χ1v) is 0. The maximum absolute atomic E-state index is 0. The van der Waals surface area contributed by atoms with Crippen LogP contribution in [0.15, 0.2) is 0 Å². The normalized spacial score (nSPS) is 0. The van der Waals surface area contributed by atoms with E-state index in [0.717, 1.165) is 0 Å². The van der Waals surface area contributed by atoms with Crippen molar-refractivity contribution in [3.05, 3.63) is 0 Å². The average Bonchev–Trinajstić information content (AvgIpc) is 0. The summed E-state index contributed by atoms with van der Waals surface area (Å²) in [5, 5.41) is 0. The van der Waals surface area contributed by atoms with Gasteiger partial charge in [-0.25, -0.2) is 0 Å². The minimum atomic E-state index is 0. The van der Waals surface area contributed by atoms with Gasteiger partial charge in [-0.15, -0.1) is 0 Å². The topological polar surface area (TPSA) is 0 Å². The molecule has 0 aromatic heterocycles. The molecule has 0 unspecified atom stereocenters. The Labute approximate surface area is 39.5 Å². The van der Waals surface area contributed by atoms with Crippen molar-refractivity contribution in [3.63, 3.8) is 0 Å². The van der Waals surface area contributed by atoms with E-state index in [1.54, 1.807) is 0 Å². The third kappa shape index (κ3) is 240.